The minimum absolute atomic E-state index is 0.00447. The molecule has 0 unspecified atom stereocenters. The van der Waals surface area contributed by atoms with Gasteiger partial charge in [-0.25, -0.2) is 26.4 Å². The Balaban J connectivity index is 0.000000216. The molecule has 1 N–H and O–H groups in total. The van der Waals surface area contributed by atoms with Crippen LogP contribution in [0.25, 0.3) is 0 Å². The number of benzene rings is 2. The predicted molar refractivity (Wildman–Crippen MR) is 143 cm³/mol. The van der Waals surface area contributed by atoms with Crippen molar-refractivity contribution in [2.45, 2.75) is 9.79 Å². The highest BCUT2D eigenvalue weighted by atomic mass is 32.2. The van der Waals surface area contributed by atoms with E-state index in [1.807, 2.05) is 9.80 Å². The molecule has 12 nitrogen and oxygen atoms in total. The monoisotopic (exact) mass is 584 g/mol. The fourth-order valence-corrected chi connectivity index (χ4v) is 5.39. The summed E-state index contributed by atoms with van der Waals surface area (Å²) in [5.41, 5.74) is 1.47. The smallest absolute Gasteiger partial charge is 0.340 e. The van der Waals surface area contributed by atoms with E-state index >= 15 is 0 Å². The van der Waals surface area contributed by atoms with Crippen molar-refractivity contribution in [3.8, 4) is 0 Å². The van der Waals surface area contributed by atoms with E-state index in [-0.39, 0.29) is 20.9 Å². The van der Waals surface area contributed by atoms with Crippen molar-refractivity contribution < 1.29 is 45.7 Å². The van der Waals surface area contributed by atoms with E-state index in [2.05, 4.69) is 0 Å². The number of hydrogen-bond donors (Lipinski definition) is 1. The number of methoxy groups -OCH3 is 1. The molecule has 14 heteroatoms. The Morgan fingerprint density at radius 2 is 1.13 bits per heavy atom. The number of morpholine rings is 2. The summed E-state index contributed by atoms with van der Waals surface area (Å²) in [6.45, 7) is 4.73. The van der Waals surface area contributed by atoms with Gasteiger partial charge in [0.25, 0.3) is 0 Å². The number of rotatable bonds is 6. The second-order valence-electron chi connectivity index (χ2n) is 8.90. The lowest BCUT2D eigenvalue weighted by molar-refractivity contribution is 0.0599. The van der Waals surface area contributed by atoms with E-state index in [9.17, 15) is 31.5 Å². The van der Waals surface area contributed by atoms with Gasteiger partial charge in [0.05, 0.1) is 65.8 Å². The van der Waals surface area contributed by atoms with E-state index in [4.69, 9.17) is 14.2 Å². The molecule has 0 radical (unpaired) electrons. The molecule has 214 valence electrons. The number of nitrogens with zero attached hydrogens (tertiary/aromatic N) is 2. The molecule has 2 aromatic rings. The van der Waals surface area contributed by atoms with E-state index < -0.39 is 31.6 Å². The summed E-state index contributed by atoms with van der Waals surface area (Å²) >= 11 is 0. The van der Waals surface area contributed by atoms with Gasteiger partial charge in [0, 0.05) is 38.7 Å². The third-order valence-electron chi connectivity index (χ3n) is 6.13. The van der Waals surface area contributed by atoms with Gasteiger partial charge < -0.3 is 29.1 Å². The zero-order valence-electron chi connectivity index (χ0n) is 22.0. The van der Waals surface area contributed by atoms with Crippen molar-refractivity contribution in [3.05, 3.63) is 47.5 Å². The van der Waals surface area contributed by atoms with E-state index in [0.717, 1.165) is 12.5 Å². The Bertz CT molecular complexity index is 1410. The summed E-state index contributed by atoms with van der Waals surface area (Å²) in [6, 6.07) is 8.71. The molecule has 4 rings (SSSR count). The highest BCUT2D eigenvalue weighted by molar-refractivity contribution is 7.91. The van der Waals surface area contributed by atoms with E-state index in [0.29, 0.717) is 64.0 Å². The third-order valence-corrected chi connectivity index (χ3v) is 8.35. The van der Waals surface area contributed by atoms with Gasteiger partial charge in [0.1, 0.15) is 0 Å². The molecule has 2 aliphatic heterocycles. The lowest BCUT2D eigenvalue weighted by Gasteiger charge is -2.30. The molecular formula is C25H32N2O10S2. The van der Waals surface area contributed by atoms with Gasteiger partial charge in [-0.05, 0) is 36.4 Å². The Morgan fingerprint density at radius 3 is 1.49 bits per heavy atom. The standard InChI is InChI=1S/C13H17NO5S.C12H15NO5S/c1-18-13(15)11-9-10(20(2,16)17)3-4-12(11)14-5-7-19-8-6-14;1-19(16,17)9-2-3-11(10(8-9)12(14)15)13-4-6-18-7-5-13/h3-4,9H,5-8H2,1-2H3;2-3,8H,4-7H2,1H3,(H,14,15). The summed E-state index contributed by atoms with van der Waals surface area (Å²) < 4.78 is 61.4. The maximum atomic E-state index is 11.9. The second kappa shape index (κ2) is 12.8. The number of hydrogen-bond acceptors (Lipinski definition) is 11. The largest absolute Gasteiger partial charge is 0.478 e. The first-order valence-corrected chi connectivity index (χ1v) is 15.8. The molecule has 2 aromatic carbocycles. The van der Waals surface area contributed by atoms with Crippen molar-refractivity contribution in [1.29, 1.82) is 0 Å². The summed E-state index contributed by atoms with van der Waals surface area (Å²) in [5, 5.41) is 9.23. The molecule has 0 spiro atoms. The number of carbonyl (C=O) groups is 2. The maximum Gasteiger partial charge on any atom is 0.340 e. The first-order chi connectivity index (χ1) is 18.3. The summed E-state index contributed by atoms with van der Waals surface area (Å²) in [4.78, 5) is 27.2. The molecular weight excluding hydrogens is 552 g/mol. The molecule has 0 aromatic heterocycles. The van der Waals surface area contributed by atoms with Gasteiger partial charge in [0.15, 0.2) is 19.7 Å². The normalized spacial score (nSPS) is 16.2. The molecule has 0 aliphatic carbocycles. The molecule has 2 heterocycles. The SMILES string of the molecule is COC(=O)c1cc(S(C)(=O)=O)ccc1N1CCOCC1.CS(=O)(=O)c1ccc(N2CCOCC2)c(C(=O)O)c1. The summed E-state index contributed by atoms with van der Waals surface area (Å²) in [7, 11) is -5.50. The Kier molecular flexibility index (Phi) is 9.93. The molecule has 39 heavy (non-hydrogen) atoms. The van der Waals surface area contributed by atoms with Crippen molar-refractivity contribution >= 4 is 43.0 Å². The van der Waals surface area contributed by atoms with Crippen molar-refractivity contribution in [2.75, 3.05) is 82.0 Å². The van der Waals surface area contributed by atoms with E-state index in [1.165, 1.54) is 31.4 Å². The van der Waals surface area contributed by atoms with Crippen molar-refractivity contribution in [3.63, 3.8) is 0 Å². The topological polar surface area (TPSA) is 157 Å². The quantitative estimate of drug-likeness (QED) is 0.487. The average Bonchev–Trinajstić information content (AvgIpc) is 2.92. The molecule has 0 bridgehead atoms. The first-order valence-electron chi connectivity index (χ1n) is 12.0. The maximum absolute atomic E-state index is 11.9. The van der Waals surface area contributed by atoms with Crippen LogP contribution in [0.1, 0.15) is 20.7 Å². The summed E-state index contributed by atoms with van der Waals surface area (Å²) in [6.07, 6.45) is 2.17. The Hall–Kier alpha value is -3.20. The number of sulfone groups is 2. The predicted octanol–water partition coefficient (Wildman–Crippen LogP) is 1.34. The molecule has 0 saturated carbocycles. The van der Waals surface area contributed by atoms with Crippen molar-refractivity contribution in [1.82, 2.24) is 0 Å². The van der Waals surface area contributed by atoms with Crippen LogP contribution in [0.4, 0.5) is 11.4 Å². The molecule has 2 saturated heterocycles. The van der Waals surface area contributed by atoms with Gasteiger partial charge in [-0.15, -0.1) is 0 Å². The highest BCUT2D eigenvalue weighted by Crippen LogP contribution is 2.27. The van der Waals surface area contributed by atoms with Crippen LogP contribution >= 0.6 is 0 Å². The van der Waals surface area contributed by atoms with Crippen LogP contribution in [0.5, 0.6) is 0 Å². The molecule has 2 fully saturated rings. The number of carboxylic acids is 1. The number of esters is 1. The van der Waals surface area contributed by atoms with Gasteiger partial charge >= 0.3 is 11.9 Å². The van der Waals surface area contributed by atoms with Crippen LogP contribution in [0.15, 0.2) is 46.2 Å². The average molecular weight is 585 g/mol. The number of carboxylic acid groups (broad SMARTS) is 1. The fourth-order valence-electron chi connectivity index (χ4n) is 4.10. The van der Waals surface area contributed by atoms with Gasteiger partial charge in [-0.3, -0.25) is 0 Å². The third kappa shape index (κ3) is 7.91. The van der Waals surface area contributed by atoms with Gasteiger partial charge in [0.2, 0.25) is 0 Å². The van der Waals surface area contributed by atoms with Crippen LogP contribution in [0, 0.1) is 0 Å². The second-order valence-corrected chi connectivity index (χ2v) is 12.9. The number of ether oxygens (including phenoxy) is 3. The van der Waals surface area contributed by atoms with Crippen molar-refractivity contribution in [2.24, 2.45) is 0 Å². The summed E-state index contributed by atoms with van der Waals surface area (Å²) in [5.74, 6) is -1.68. The first kappa shape index (κ1) is 30.3. The lowest BCUT2D eigenvalue weighted by atomic mass is 10.1. The lowest BCUT2D eigenvalue weighted by Crippen LogP contribution is -2.37. The zero-order valence-corrected chi connectivity index (χ0v) is 23.6. The van der Waals surface area contributed by atoms with E-state index in [1.54, 1.807) is 12.1 Å². The highest BCUT2D eigenvalue weighted by Gasteiger charge is 2.22. The van der Waals surface area contributed by atoms with Crippen LogP contribution in [0.3, 0.4) is 0 Å². The van der Waals surface area contributed by atoms with Crippen LogP contribution in [0.2, 0.25) is 0 Å². The minimum Gasteiger partial charge on any atom is -0.478 e. The molecule has 0 amide bonds. The zero-order chi connectivity index (χ0) is 28.8. The van der Waals surface area contributed by atoms with Crippen LogP contribution < -0.4 is 9.80 Å². The molecule has 2 aliphatic rings. The number of carbonyl (C=O) groups excluding carboxylic acids is 1. The van der Waals surface area contributed by atoms with Gasteiger partial charge in [-0.2, -0.15) is 0 Å². The Labute approximate surface area is 227 Å². The van der Waals surface area contributed by atoms with Gasteiger partial charge in [-0.1, -0.05) is 0 Å². The molecule has 0 atom stereocenters. The number of aromatic carboxylic acids is 1. The van der Waals surface area contributed by atoms with Crippen LogP contribution in [-0.2, 0) is 33.9 Å². The number of anilines is 2. The van der Waals surface area contributed by atoms with Crippen LogP contribution in [-0.4, -0.2) is 106 Å². The Morgan fingerprint density at radius 1 is 0.744 bits per heavy atom. The fraction of sp³-hybridized carbons (Fsp3) is 0.440. The minimum atomic E-state index is -3.41.